The summed E-state index contributed by atoms with van der Waals surface area (Å²) in [6, 6.07) is 16.0. The van der Waals surface area contributed by atoms with Gasteiger partial charge in [0.15, 0.2) is 0 Å². The van der Waals surface area contributed by atoms with E-state index in [2.05, 4.69) is 21.1 Å². The molecular formula is C21H20N4O. The predicted octanol–water partition coefficient (Wildman–Crippen LogP) is 3.51. The minimum atomic E-state index is 0.0785. The lowest BCUT2D eigenvalue weighted by molar-refractivity contribution is -0.127. The summed E-state index contributed by atoms with van der Waals surface area (Å²) in [6.45, 7) is 2.63. The first-order chi connectivity index (χ1) is 12.7. The lowest BCUT2D eigenvalue weighted by atomic mass is 10.0. The van der Waals surface area contributed by atoms with Crippen molar-refractivity contribution in [3.8, 4) is 0 Å². The van der Waals surface area contributed by atoms with Gasteiger partial charge >= 0.3 is 0 Å². The van der Waals surface area contributed by atoms with Gasteiger partial charge in [0.05, 0.1) is 16.9 Å². The molecule has 1 fully saturated rings. The Kier molecular flexibility index (Phi) is 4.44. The molecule has 1 amide bonds. The van der Waals surface area contributed by atoms with E-state index in [9.17, 15) is 4.79 Å². The number of hydrazone groups is 1. The second kappa shape index (κ2) is 7.04. The van der Waals surface area contributed by atoms with Crippen molar-refractivity contribution in [1.29, 1.82) is 0 Å². The van der Waals surface area contributed by atoms with Crippen molar-refractivity contribution in [3.05, 3.63) is 71.7 Å². The lowest BCUT2D eigenvalue weighted by Gasteiger charge is -2.14. The van der Waals surface area contributed by atoms with Crippen LogP contribution in [0.1, 0.15) is 29.8 Å². The van der Waals surface area contributed by atoms with Crippen molar-refractivity contribution in [3.63, 3.8) is 0 Å². The lowest BCUT2D eigenvalue weighted by Crippen LogP contribution is -2.22. The summed E-state index contributed by atoms with van der Waals surface area (Å²) in [4.78, 5) is 21.1. The van der Waals surface area contributed by atoms with Gasteiger partial charge in [-0.2, -0.15) is 5.10 Å². The summed E-state index contributed by atoms with van der Waals surface area (Å²) < 4.78 is 0. The van der Waals surface area contributed by atoms with E-state index in [0.29, 0.717) is 19.4 Å². The topological polar surface area (TPSA) is 58.5 Å². The van der Waals surface area contributed by atoms with Gasteiger partial charge in [0.1, 0.15) is 0 Å². The number of benzene rings is 1. The SMILES string of the molecule is Cc1cccc(C(Cc2ccnc3ccccc23)=NN2CCCC2=O)n1. The van der Waals surface area contributed by atoms with Gasteiger partial charge in [-0.05, 0) is 43.2 Å². The largest absolute Gasteiger partial charge is 0.273 e. The molecule has 26 heavy (non-hydrogen) atoms. The molecule has 2 aromatic heterocycles. The van der Waals surface area contributed by atoms with Gasteiger partial charge in [0, 0.05) is 36.7 Å². The average molecular weight is 344 g/mol. The number of nitrogens with zero attached hydrogens (tertiary/aromatic N) is 4. The normalized spacial score (nSPS) is 15.0. The fourth-order valence-corrected chi connectivity index (χ4v) is 3.26. The van der Waals surface area contributed by atoms with Gasteiger partial charge in [0.25, 0.3) is 0 Å². The standard InChI is InChI=1S/C21H20N4O/c1-15-6-4-9-19(23-15)20(24-25-13-5-10-21(25)26)14-16-11-12-22-18-8-3-2-7-17(16)18/h2-4,6-9,11-12H,5,10,13-14H2,1H3. The van der Waals surface area contributed by atoms with Gasteiger partial charge in [-0.15, -0.1) is 0 Å². The van der Waals surface area contributed by atoms with Gasteiger partial charge in [-0.1, -0.05) is 24.3 Å². The number of rotatable bonds is 4. The number of carbonyl (C=O) groups excluding carboxylic acids is 1. The van der Waals surface area contributed by atoms with Crippen LogP contribution in [0.5, 0.6) is 0 Å². The molecule has 1 aliphatic heterocycles. The number of carbonyl (C=O) groups is 1. The quantitative estimate of drug-likeness (QED) is 0.681. The molecule has 0 bridgehead atoms. The van der Waals surface area contributed by atoms with Crippen LogP contribution >= 0.6 is 0 Å². The molecule has 1 saturated heterocycles. The molecule has 5 heteroatoms. The molecule has 4 rings (SSSR count). The fraction of sp³-hybridized carbons (Fsp3) is 0.238. The highest BCUT2D eigenvalue weighted by Gasteiger charge is 2.21. The number of pyridine rings is 2. The van der Waals surface area contributed by atoms with Crippen molar-refractivity contribution < 1.29 is 4.79 Å². The zero-order valence-corrected chi connectivity index (χ0v) is 14.7. The number of amides is 1. The van der Waals surface area contributed by atoms with Crippen LogP contribution in [0.3, 0.4) is 0 Å². The molecule has 3 aromatic rings. The van der Waals surface area contributed by atoms with Gasteiger partial charge in [0.2, 0.25) is 5.91 Å². The highest BCUT2D eigenvalue weighted by atomic mass is 16.2. The van der Waals surface area contributed by atoms with Gasteiger partial charge in [-0.3, -0.25) is 14.8 Å². The van der Waals surface area contributed by atoms with E-state index in [1.54, 1.807) is 5.01 Å². The molecule has 130 valence electrons. The van der Waals surface area contributed by atoms with E-state index in [-0.39, 0.29) is 5.91 Å². The molecule has 0 radical (unpaired) electrons. The number of aromatic nitrogens is 2. The van der Waals surface area contributed by atoms with E-state index in [1.807, 2.05) is 55.6 Å². The molecule has 0 spiro atoms. The Balaban J connectivity index is 1.77. The number of aryl methyl sites for hydroxylation is 1. The predicted molar refractivity (Wildman–Crippen MR) is 102 cm³/mol. The van der Waals surface area contributed by atoms with Crippen LogP contribution in [0, 0.1) is 6.92 Å². The number of fused-ring (bicyclic) bond motifs is 1. The van der Waals surface area contributed by atoms with Crippen molar-refractivity contribution in [1.82, 2.24) is 15.0 Å². The zero-order valence-electron chi connectivity index (χ0n) is 14.7. The molecule has 5 nitrogen and oxygen atoms in total. The Labute approximate surface area is 152 Å². The Morgan fingerprint density at radius 1 is 1.15 bits per heavy atom. The molecule has 1 aromatic carbocycles. The number of hydrogen-bond donors (Lipinski definition) is 0. The van der Waals surface area contributed by atoms with Crippen molar-refractivity contribution >= 4 is 22.5 Å². The third-order valence-electron chi connectivity index (χ3n) is 4.57. The zero-order chi connectivity index (χ0) is 17.9. The van der Waals surface area contributed by atoms with Crippen molar-refractivity contribution in [2.45, 2.75) is 26.2 Å². The van der Waals surface area contributed by atoms with E-state index < -0.39 is 0 Å². The second-order valence-corrected chi connectivity index (χ2v) is 6.50. The monoisotopic (exact) mass is 344 g/mol. The van der Waals surface area contributed by atoms with Crippen LogP contribution in [-0.4, -0.2) is 33.1 Å². The summed E-state index contributed by atoms with van der Waals surface area (Å²) in [6.07, 6.45) is 3.84. The first kappa shape index (κ1) is 16.4. The van der Waals surface area contributed by atoms with Crippen LogP contribution in [-0.2, 0) is 11.2 Å². The summed E-state index contributed by atoms with van der Waals surface area (Å²) in [5.74, 6) is 0.0785. The highest BCUT2D eigenvalue weighted by Crippen LogP contribution is 2.20. The summed E-state index contributed by atoms with van der Waals surface area (Å²) in [5, 5.41) is 7.37. The maximum Gasteiger partial charge on any atom is 0.242 e. The summed E-state index contributed by atoms with van der Waals surface area (Å²) in [5.41, 5.74) is 4.64. The molecule has 0 N–H and O–H groups in total. The maximum atomic E-state index is 12.1. The van der Waals surface area contributed by atoms with E-state index in [4.69, 9.17) is 0 Å². The molecular weight excluding hydrogens is 324 g/mol. The minimum Gasteiger partial charge on any atom is -0.273 e. The fourth-order valence-electron chi connectivity index (χ4n) is 3.26. The number of para-hydroxylation sites is 1. The van der Waals surface area contributed by atoms with Crippen LogP contribution in [0.2, 0.25) is 0 Å². The van der Waals surface area contributed by atoms with E-state index in [0.717, 1.165) is 40.0 Å². The van der Waals surface area contributed by atoms with Crippen molar-refractivity contribution in [2.75, 3.05) is 6.54 Å². The van der Waals surface area contributed by atoms with Gasteiger partial charge in [-0.25, -0.2) is 5.01 Å². The molecule has 0 atom stereocenters. The van der Waals surface area contributed by atoms with E-state index >= 15 is 0 Å². The first-order valence-corrected chi connectivity index (χ1v) is 8.85. The average Bonchev–Trinajstić information content (AvgIpc) is 3.06. The summed E-state index contributed by atoms with van der Waals surface area (Å²) in [7, 11) is 0. The van der Waals surface area contributed by atoms with Gasteiger partial charge < -0.3 is 0 Å². The molecule has 0 unspecified atom stereocenters. The highest BCUT2D eigenvalue weighted by molar-refractivity contribution is 6.02. The van der Waals surface area contributed by atoms with Crippen LogP contribution in [0.4, 0.5) is 0 Å². The molecule has 0 saturated carbocycles. The molecule has 3 heterocycles. The first-order valence-electron chi connectivity index (χ1n) is 8.85. The molecule has 1 aliphatic rings. The van der Waals surface area contributed by atoms with Crippen LogP contribution in [0.15, 0.2) is 59.8 Å². The van der Waals surface area contributed by atoms with Crippen LogP contribution in [0.25, 0.3) is 10.9 Å². The maximum absolute atomic E-state index is 12.1. The second-order valence-electron chi connectivity index (χ2n) is 6.50. The van der Waals surface area contributed by atoms with Crippen LogP contribution < -0.4 is 0 Å². The minimum absolute atomic E-state index is 0.0785. The third-order valence-corrected chi connectivity index (χ3v) is 4.57. The molecule has 0 aliphatic carbocycles. The Hall–Kier alpha value is -3.08. The third kappa shape index (κ3) is 3.33. The smallest absolute Gasteiger partial charge is 0.242 e. The number of hydrogen-bond acceptors (Lipinski definition) is 4. The van der Waals surface area contributed by atoms with Crippen molar-refractivity contribution in [2.24, 2.45) is 5.10 Å². The Bertz CT molecular complexity index is 991. The summed E-state index contributed by atoms with van der Waals surface area (Å²) >= 11 is 0. The Morgan fingerprint density at radius 3 is 2.85 bits per heavy atom. The van der Waals surface area contributed by atoms with E-state index in [1.165, 1.54) is 0 Å². The Morgan fingerprint density at radius 2 is 2.04 bits per heavy atom.